The second-order valence-corrected chi connectivity index (χ2v) is 2.48. The maximum absolute atomic E-state index is 11.1. The van der Waals surface area contributed by atoms with Gasteiger partial charge in [-0.05, 0) is 0 Å². The number of nitrogens with one attached hydrogen (secondary N) is 1. The molecule has 0 unspecified atom stereocenters. The summed E-state index contributed by atoms with van der Waals surface area (Å²) in [6.07, 6.45) is 0.170. The Balaban J connectivity index is 2.24. The molecule has 12 heavy (non-hydrogen) atoms. The van der Waals surface area contributed by atoms with Crippen LogP contribution in [0.25, 0.3) is 0 Å². The Morgan fingerprint density at radius 1 is 1.50 bits per heavy atom. The van der Waals surface area contributed by atoms with Crippen molar-refractivity contribution < 1.29 is 14.3 Å². The van der Waals surface area contributed by atoms with Crippen molar-refractivity contribution in [1.82, 2.24) is 10.2 Å². The van der Waals surface area contributed by atoms with Gasteiger partial charge in [0.15, 0.2) is 6.29 Å². The maximum atomic E-state index is 11.1. The number of aldehydes is 1. The Labute approximate surface area is 70.7 Å². The minimum absolute atomic E-state index is 0.150. The number of carbonyl (C=O) groups excluding carboxylic acids is 2. The number of hydrogen-bond donors (Lipinski definition) is 1. The van der Waals surface area contributed by atoms with E-state index < -0.39 is 6.09 Å². The number of piperazine rings is 1. The van der Waals surface area contributed by atoms with Crippen molar-refractivity contribution >= 4 is 12.4 Å². The van der Waals surface area contributed by atoms with Gasteiger partial charge in [-0.25, -0.2) is 4.79 Å². The zero-order chi connectivity index (χ0) is 8.81. The molecule has 5 nitrogen and oxygen atoms in total. The van der Waals surface area contributed by atoms with E-state index >= 15 is 0 Å². The zero-order valence-corrected chi connectivity index (χ0v) is 6.78. The smallest absolute Gasteiger partial charge is 0.410 e. The van der Waals surface area contributed by atoms with Gasteiger partial charge in [-0.2, -0.15) is 0 Å². The van der Waals surface area contributed by atoms with Gasteiger partial charge in [-0.1, -0.05) is 0 Å². The SMILES string of the molecule is O=CCOC(=O)N1CCNCC1. The van der Waals surface area contributed by atoms with Crippen LogP contribution in [0.3, 0.4) is 0 Å². The molecule has 0 aromatic rings. The molecule has 1 saturated heterocycles. The third-order valence-electron chi connectivity index (χ3n) is 1.65. The molecule has 1 amide bonds. The highest BCUT2D eigenvalue weighted by Gasteiger charge is 2.16. The van der Waals surface area contributed by atoms with E-state index in [1.807, 2.05) is 0 Å². The first kappa shape index (κ1) is 8.99. The second-order valence-electron chi connectivity index (χ2n) is 2.48. The topological polar surface area (TPSA) is 58.6 Å². The van der Waals surface area contributed by atoms with E-state index in [2.05, 4.69) is 10.1 Å². The van der Waals surface area contributed by atoms with Crippen LogP contribution < -0.4 is 5.32 Å². The molecule has 1 aliphatic rings. The fourth-order valence-electron chi connectivity index (χ4n) is 1.04. The van der Waals surface area contributed by atoms with Gasteiger partial charge >= 0.3 is 6.09 Å². The van der Waals surface area contributed by atoms with E-state index in [4.69, 9.17) is 0 Å². The van der Waals surface area contributed by atoms with Gasteiger partial charge in [0.05, 0.1) is 0 Å². The van der Waals surface area contributed by atoms with Crippen molar-refractivity contribution in [3.63, 3.8) is 0 Å². The Hall–Kier alpha value is -1.10. The summed E-state index contributed by atoms with van der Waals surface area (Å²) in [5, 5.41) is 3.11. The highest BCUT2D eigenvalue weighted by Crippen LogP contribution is 1.95. The Morgan fingerprint density at radius 3 is 2.75 bits per heavy atom. The summed E-state index contributed by atoms with van der Waals surface area (Å²) in [6.45, 7) is 2.73. The van der Waals surface area contributed by atoms with Gasteiger partial charge in [0.1, 0.15) is 6.61 Å². The van der Waals surface area contributed by atoms with Crippen molar-refractivity contribution in [2.75, 3.05) is 32.8 Å². The predicted molar refractivity (Wildman–Crippen MR) is 41.9 cm³/mol. The van der Waals surface area contributed by atoms with E-state index in [1.165, 1.54) is 0 Å². The Morgan fingerprint density at radius 2 is 2.17 bits per heavy atom. The quantitative estimate of drug-likeness (QED) is 0.555. The van der Waals surface area contributed by atoms with Crippen LogP contribution in [0.5, 0.6) is 0 Å². The molecule has 0 bridgehead atoms. The first-order chi connectivity index (χ1) is 5.84. The molecule has 5 heteroatoms. The van der Waals surface area contributed by atoms with E-state index in [9.17, 15) is 9.59 Å². The number of hydrogen-bond acceptors (Lipinski definition) is 4. The molecule has 1 N–H and O–H groups in total. The summed E-state index contributed by atoms with van der Waals surface area (Å²) in [6, 6.07) is 0. The molecule has 68 valence electrons. The van der Waals surface area contributed by atoms with Gasteiger partial charge in [-0.15, -0.1) is 0 Å². The standard InChI is InChI=1S/C7H12N2O3/c10-5-6-12-7(11)9-3-1-8-2-4-9/h5,8H,1-4,6H2. The lowest BCUT2D eigenvalue weighted by atomic mass is 10.4. The van der Waals surface area contributed by atoms with Gasteiger partial charge in [0, 0.05) is 26.2 Å². The van der Waals surface area contributed by atoms with E-state index in [0.717, 1.165) is 13.1 Å². The van der Waals surface area contributed by atoms with Gasteiger partial charge in [0.2, 0.25) is 0 Å². The third kappa shape index (κ3) is 2.50. The minimum Gasteiger partial charge on any atom is -0.442 e. The number of carbonyl (C=O) groups is 2. The zero-order valence-electron chi connectivity index (χ0n) is 6.78. The van der Waals surface area contributed by atoms with Gasteiger partial charge in [-0.3, -0.25) is 4.79 Å². The lowest BCUT2D eigenvalue weighted by molar-refractivity contribution is -0.110. The first-order valence-corrected chi connectivity index (χ1v) is 3.90. The normalized spacial score (nSPS) is 17.2. The Bertz CT molecular complexity index is 166. The molecule has 0 spiro atoms. The lowest BCUT2D eigenvalue weighted by Crippen LogP contribution is -2.46. The average Bonchev–Trinajstić information content (AvgIpc) is 2.15. The van der Waals surface area contributed by atoms with Crippen LogP contribution in [0.15, 0.2) is 0 Å². The molecule has 0 aromatic heterocycles. The summed E-state index contributed by atoms with van der Waals surface area (Å²) in [7, 11) is 0. The highest BCUT2D eigenvalue weighted by atomic mass is 16.6. The van der Waals surface area contributed by atoms with Crippen molar-refractivity contribution in [1.29, 1.82) is 0 Å². The van der Waals surface area contributed by atoms with Gasteiger partial charge < -0.3 is 15.0 Å². The van der Waals surface area contributed by atoms with Crippen molar-refractivity contribution in [2.45, 2.75) is 0 Å². The van der Waals surface area contributed by atoms with Crippen LogP contribution in [0, 0.1) is 0 Å². The monoisotopic (exact) mass is 172 g/mol. The first-order valence-electron chi connectivity index (χ1n) is 3.90. The highest BCUT2D eigenvalue weighted by molar-refractivity contribution is 5.69. The lowest BCUT2D eigenvalue weighted by Gasteiger charge is -2.26. The van der Waals surface area contributed by atoms with E-state index in [0.29, 0.717) is 19.4 Å². The maximum Gasteiger partial charge on any atom is 0.410 e. The fourth-order valence-corrected chi connectivity index (χ4v) is 1.04. The molecule has 1 rings (SSSR count). The number of rotatable bonds is 2. The Kier molecular flexibility index (Phi) is 3.53. The molecular formula is C7H12N2O3. The van der Waals surface area contributed by atoms with Gasteiger partial charge in [0.25, 0.3) is 0 Å². The predicted octanol–water partition coefficient (Wildman–Crippen LogP) is -0.773. The third-order valence-corrected chi connectivity index (χ3v) is 1.65. The van der Waals surface area contributed by atoms with E-state index in [-0.39, 0.29) is 6.61 Å². The van der Waals surface area contributed by atoms with Crippen LogP contribution in [0.1, 0.15) is 0 Å². The molecule has 0 radical (unpaired) electrons. The van der Waals surface area contributed by atoms with Crippen molar-refractivity contribution in [3.8, 4) is 0 Å². The number of ether oxygens (including phenoxy) is 1. The average molecular weight is 172 g/mol. The van der Waals surface area contributed by atoms with Crippen molar-refractivity contribution in [2.24, 2.45) is 0 Å². The largest absolute Gasteiger partial charge is 0.442 e. The minimum atomic E-state index is -0.399. The molecule has 0 aliphatic carbocycles. The van der Waals surface area contributed by atoms with Crippen LogP contribution in [0.2, 0.25) is 0 Å². The molecule has 0 atom stereocenters. The van der Waals surface area contributed by atoms with Crippen molar-refractivity contribution in [3.05, 3.63) is 0 Å². The second kappa shape index (κ2) is 4.71. The summed E-state index contributed by atoms with van der Waals surface area (Å²) in [5.74, 6) is 0. The summed E-state index contributed by atoms with van der Waals surface area (Å²) in [5.41, 5.74) is 0. The van der Waals surface area contributed by atoms with Crippen LogP contribution >= 0.6 is 0 Å². The van der Waals surface area contributed by atoms with Crippen LogP contribution in [-0.2, 0) is 9.53 Å². The summed E-state index contributed by atoms with van der Waals surface area (Å²) >= 11 is 0. The summed E-state index contributed by atoms with van der Waals surface area (Å²) < 4.78 is 4.62. The molecule has 0 saturated carbocycles. The molecule has 0 aromatic carbocycles. The molecule has 1 aliphatic heterocycles. The van der Waals surface area contributed by atoms with Crippen LogP contribution in [0.4, 0.5) is 4.79 Å². The van der Waals surface area contributed by atoms with Crippen LogP contribution in [-0.4, -0.2) is 50.1 Å². The van der Waals surface area contributed by atoms with E-state index in [1.54, 1.807) is 4.90 Å². The fraction of sp³-hybridized carbons (Fsp3) is 0.714. The number of amides is 1. The number of nitrogens with zero attached hydrogens (tertiary/aromatic N) is 1. The molecule has 1 heterocycles. The summed E-state index contributed by atoms with van der Waals surface area (Å²) in [4.78, 5) is 22.5. The molecular weight excluding hydrogens is 160 g/mol. The molecule has 1 fully saturated rings.